The molecule has 2 aromatic heterocycles. The first-order valence-corrected chi connectivity index (χ1v) is 9.23. The molecular weight excluding hydrogens is 374 g/mol. The number of methoxy groups -OCH3 is 1. The number of aromatic amines is 1. The molecule has 152 valence electrons. The highest BCUT2D eigenvalue weighted by molar-refractivity contribution is 5.91. The topological polar surface area (TPSA) is 111 Å². The standard InChI is InChI=1S/C20H23N5O4/c1-4-7-14-11-18(26)23-20(21-14)25-17(10-13(2)24-25)22-19(27)12-29-16-9-6-5-8-15(16)28-3/h5-6,8-11H,4,7,12H2,1-3H3,(H,22,27)(H,21,23,26). The van der Waals surface area contributed by atoms with Crippen LogP contribution in [0.3, 0.4) is 0 Å². The van der Waals surface area contributed by atoms with Crippen molar-refractivity contribution in [2.45, 2.75) is 26.7 Å². The summed E-state index contributed by atoms with van der Waals surface area (Å²) in [6, 6.07) is 10.2. The molecule has 0 atom stereocenters. The van der Waals surface area contributed by atoms with Gasteiger partial charge in [-0.25, -0.2) is 4.98 Å². The lowest BCUT2D eigenvalue weighted by Gasteiger charge is -2.11. The molecule has 0 radical (unpaired) electrons. The van der Waals surface area contributed by atoms with Crippen LogP contribution in [0.5, 0.6) is 11.5 Å². The molecule has 2 N–H and O–H groups in total. The molecule has 0 aliphatic rings. The van der Waals surface area contributed by atoms with Gasteiger partial charge in [0.15, 0.2) is 18.1 Å². The molecule has 0 saturated carbocycles. The van der Waals surface area contributed by atoms with Crippen molar-refractivity contribution < 1.29 is 14.3 Å². The summed E-state index contributed by atoms with van der Waals surface area (Å²) in [7, 11) is 1.53. The Labute approximate surface area is 167 Å². The van der Waals surface area contributed by atoms with Gasteiger partial charge in [0.1, 0.15) is 5.82 Å². The lowest BCUT2D eigenvalue weighted by molar-refractivity contribution is -0.118. The first-order valence-electron chi connectivity index (χ1n) is 9.23. The van der Waals surface area contributed by atoms with E-state index in [0.717, 1.165) is 6.42 Å². The van der Waals surface area contributed by atoms with Crippen molar-refractivity contribution in [2.24, 2.45) is 0 Å². The van der Waals surface area contributed by atoms with Gasteiger partial charge >= 0.3 is 0 Å². The van der Waals surface area contributed by atoms with Crippen LogP contribution in [0.1, 0.15) is 24.7 Å². The summed E-state index contributed by atoms with van der Waals surface area (Å²) in [6.45, 7) is 3.57. The summed E-state index contributed by atoms with van der Waals surface area (Å²) in [5.74, 6) is 1.25. The molecule has 29 heavy (non-hydrogen) atoms. The number of rotatable bonds is 8. The molecule has 0 unspecified atom stereocenters. The Morgan fingerprint density at radius 3 is 2.72 bits per heavy atom. The highest BCUT2D eigenvalue weighted by atomic mass is 16.5. The van der Waals surface area contributed by atoms with Gasteiger partial charge in [-0.3, -0.25) is 14.6 Å². The lowest BCUT2D eigenvalue weighted by atomic mass is 10.2. The maximum absolute atomic E-state index is 12.4. The molecule has 0 aliphatic heterocycles. The summed E-state index contributed by atoms with van der Waals surface area (Å²) in [5.41, 5.74) is 1.05. The van der Waals surface area contributed by atoms with Crippen molar-refractivity contribution in [3.63, 3.8) is 0 Å². The largest absolute Gasteiger partial charge is 0.493 e. The fraction of sp³-hybridized carbons (Fsp3) is 0.300. The molecule has 0 aliphatic carbocycles. The molecule has 9 nitrogen and oxygen atoms in total. The van der Waals surface area contributed by atoms with Crippen LogP contribution >= 0.6 is 0 Å². The van der Waals surface area contributed by atoms with Crippen LogP contribution in [-0.2, 0) is 11.2 Å². The normalized spacial score (nSPS) is 10.6. The molecule has 0 fully saturated rings. The monoisotopic (exact) mass is 397 g/mol. The number of amides is 1. The Morgan fingerprint density at radius 1 is 1.24 bits per heavy atom. The third-order valence-electron chi connectivity index (χ3n) is 4.02. The van der Waals surface area contributed by atoms with Crippen LogP contribution < -0.4 is 20.3 Å². The van der Waals surface area contributed by atoms with Crippen molar-refractivity contribution in [2.75, 3.05) is 19.0 Å². The van der Waals surface area contributed by atoms with Gasteiger partial charge in [-0.1, -0.05) is 25.5 Å². The first kappa shape index (κ1) is 20.1. The number of anilines is 1. The number of carbonyl (C=O) groups excluding carboxylic acids is 1. The Hall–Kier alpha value is -3.62. The van der Waals surface area contributed by atoms with Crippen molar-refractivity contribution in [3.8, 4) is 17.4 Å². The van der Waals surface area contributed by atoms with Gasteiger partial charge in [-0.15, -0.1) is 0 Å². The van der Waals surface area contributed by atoms with Gasteiger partial charge in [0.05, 0.1) is 12.8 Å². The third-order valence-corrected chi connectivity index (χ3v) is 4.02. The van der Waals surface area contributed by atoms with Gasteiger partial charge in [0, 0.05) is 17.8 Å². The van der Waals surface area contributed by atoms with Crippen molar-refractivity contribution in [1.82, 2.24) is 19.7 Å². The second-order valence-corrected chi connectivity index (χ2v) is 6.38. The van der Waals surface area contributed by atoms with E-state index in [9.17, 15) is 9.59 Å². The van der Waals surface area contributed by atoms with Crippen molar-refractivity contribution >= 4 is 11.7 Å². The van der Waals surface area contributed by atoms with E-state index in [1.807, 2.05) is 13.0 Å². The number of hydrogen-bond donors (Lipinski definition) is 2. The smallest absolute Gasteiger partial charge is 0.263 e. The fourth-order valence-corrected chi connectivity index (χ4v) is 2.79. The summed E-state index contributed by atoms with van der Waals surface area (Å²) in [6.07, 6.45) is 1.53. The number of aromatic nitrogens is 4. The molecular formula is C20H23N5O4. The number of hydrogen-bond acceptors (Lipinski definition) is 6. The molecule has 3 rings (SSSR count). The van der Waals surface area contributed by atoms with E-state index in [1.54, 1.807) is 31.2 Å². The summed E-state index contributed by atoms with van der Waals surface area (Å²) >= 11 is 0. The number of nitrogens with zero attached hydrogens (tertiary/aromatic N) is 3. The van der Waals surface area contributed by atoms with Crippen LogP contribution in [-0.4, -0.2) is 39.4 Å². The van der Waals surface area contributed by atoms with Gasteiger partial charge in [0.2, 0.25) is 5.95 Å². The van der Waals surface area contributed by atoms with Gasteiger partial charge in [0.25, 0.3) is 11.5 Å². The molecule has 1 aromatic carbocycles. The van der Waals surface area contributed by atoms with E-state index in [-0.39, 0.29) is 24.0 Å². The summed E-state index contributed by atoms with van der Waals surface area (Å²) in [5, 5.41) is 7.07. The van der Waals surface area contributed by atoms with Crippen LogP contribution in [0.15, 0.2) is 41.2 Å². The molecule has 0 spiro atoms. The minimum absolute atomic E-state index is 0.218. The third kappa shape index (κ3) is 5.01. The van der Waals surface area contributed by atoms with Crippen molar-refractivity contribution in [3.05, 3.63) is 58.1 Å². The number of ether oxygens (including phenoxy) is 2. The number of nitrogens with one attached hydrogen (secondary N) is 2. The van der Waals surface area contributed by atoms with E-state index in [0.29, 0.717) is 35.1 Å². The Kier molecular flexibility index (Phi) is 6.28. The number of H-pyrrole nitrogens is 1. The number of para-hydroxylation sites is 2. The van der Waals surface area contributed by atoms with Gasteiger partial charge in [-0.05, 0) is 25.5 Å². The Morgan fingerprint density at radius 2 is 2.00 bits per heavy atom. The van der Waals surface area contributed by atoms with E-state index in [2.05, 4.69) is 20.4 Å². The predicted molar refractivity (Wildman–Crippen MR) is 108 cm³/mol. The zero-order chi connectivity index (χ0) is 20.8. The first-order chi connectivity index (χ1) is 14.0. The fourth-order valence-electron chi connectivity index (χ4n) is 2.79. The molecule has 1 amide bonds. The van der Waals surface area contributed by atoms with Gasteiger partial charge in [-0.2, -0.15) is 9.78 Å². The van der Waals surface area contributed by atoms with E-state index >= 15 is 0 Å². The molecule has 9 heteroatoms. The van der Waals surface area contributed by atoms with E-state index in [4.69, 9.17) is 9.47 Å². The predicted octanol–water partition coefficient (Wildman–Crippen LogP) is 2.24. The Balaban J connectivity index is 1.77. The van der Waals surface area contributed by atoms with Crippen LogP contribution in [0, 0.1) is 6.92 Å². The zero-order valence-electron chi connectivity index (χ0n) is 16.6. The molecule has 2 heterocycles. The van der Waals surface area contributed by atoms with Crippen LogP contribution in [0.2, 0.25) is 0 Å². The SMILES string of the molecule is CCCc1cc(=O)[nH]c(-n2nc(C)cc2NC(=O)COc2ccccc2OC)n1. The minimum Gasteiger partial charge on any atom is -0.493 e. The van der Waals surface area contributed by atoms with Crippen LogP contribution in [0.4, 0.5) is 5.82 Å². The maximum Gasteiger partial charge on any atom is 0.263 e. The number of aryl methyl sites for hydroxylation is 2. The Bertz CT molecular complexity index is 1060. The second kappa shape index (κ2) is 9.05. The highest BCUT2D eigenvalue weighted by Gasteiger charge is 2.14. The average Bonchev–Trinajstić information content (AvgIpc) is 3.06. The molecule has 0 saturated heterocycles. The number of carbonyl (C=O) groups is 1. The number of benzene rings is 1. The highest BCUT2D eigenvalue weighted by Crippen LogP contribution is 2.25. The van der Waals surface area contributed by atoms with Crippen LogP contribution in [0.25, 0.3) is 5.95 Å². The average molecular weight is 397 g/mol. The van der Waals surface area contributed by atoms with E-state index in [1.165, 1.54) is 17.9 Å². The summed E-state index contributed by atoms with van der Waals surface area (Å²) in [4.78, 5) is 31.5. The quantitative estimate of drug-likeness (QED) is 0.603. The van der Waals surface area contributed by atoms with Crippen molar-refractivity contribution in [1.29, 1.82) is 0 Å². The maximum atomic E-state index is 12.4. The zero-order valence-corrected chi connectivity index (χ0v) is 16.6. The molecule has 0 bridgehead atoms. The summed E-state index contributed by atoms with van der Waals surface area (Å²) < 4.78 is 12.1. The molecule has 3 aromatic rings. The lowest BCUT2D eigenvalue weighted by Crippen LogP contribution is -2.23. The van der Waals surface area contributed by atoms with Gasteiger partial charge < -0.3 is 14.8 Å². The minimum atomic E-state index is -0.385. The van der Waals surface area contributed by atoms with E-state index < -0.39 is 0 Å². The second-order valence-electron chi connectivity index (χ2n) is 6.38.